The molecule has 93 valence electrons. The third kappa shape index (κ3) is 15.8. The summed E-state index contributed by atoms with van der Waals surface area (Å²) in [5.74, 6) is -0.375. The van der Waals surface area contributed by atoms with Crippen molar-refractivity contribution in [3.8, 4) is 0 Å². The summed E-state index contributed by atoms with van der Waals surface area (Å²) >= 11 is 0. The molecule has 0 aromatic rings. The van der Waals surface area contributed by atoms with E-state index in [0.29, 0.717) is 0 Å². The minimum atomic E-state index is -0.187. The van der Waals surface area contributed by atoms with Crippen molar-refractivity contribution in [3.63, 3.8) is 0 Å². The van der Waals surface area contributed by atoms with Gasteiger partial charge in [0.05, 0.1) is 0 Å². The number of ketones is 1. The number of hydrogen-bond acceptors (Lipinski definition) is 2. The molecule has 0 bridgehead atoms. The van der Waals surface area contributed by atoms with Crippen molar-refractivity contribution < 1.29 is 30.0 Å². The zero-order chi connectivity index (χ0) is 11.5. The Bertz CT molecular complexity index is 235. The van der Waals surface area contributed by atoms with Gasteiger partial charge < -0.3 is 5.11 Å². The molecule has 1 aliphatic rings. The van der Waals surface area contributed by atoms with E-state index in [1.165, 1.54) is 39.5 Å². The van der Waals surface area contributed by atoms with Crippen molar-refractivity contribution in [2.45, 2.75) is 39.5 Å². The fourth-order valence-electron chi connectivity index (χ4n) is 1.14. The topological polar surface area (TPSA) is 40.1 Å². The number of allylic oxidation sites excluding steroid dienone is 6. The van der Waals surface area contributed by atoms with Crippen LogP contribution in [0.15, 0.2) is 36.1 Å². The zero-order valence-electron chi connectivity index (χ0n) is 9.87. The summed E-state index contributed by atoms with van der Waals surface area (Å²) in [5, 5.41) is 9.98. The summed E-state index contributed by atoms with van der Waals surface area (Å²) < 4.78 is 0. The molecular weight excluding hydrogens is 380 g/mol. The van der Waals surface area contributed by atoms with Crippen molar-refractivity contribution in [2.75, 3.05) is 0 Å². The molecule has 0 fully saturated rings. The Hall–Kier alpha value is -0.661. The SMILES string of the molecule is C1=CCC/C=C\CC1.CC(=O)/C=C(/C)[O-].[Ir]. The first kappa shape index (κ1) is 17.7. The average molecular weight is 400 g/mol. The first-order valence-electron chi connectivity index (χ1n) is 5.29. The monoisotopic (exact) mass is 400 g/mol. The first-order valence-corrected chi connectivity index (χ1v) is 5.29. The van der Waals surface area contributed by atoms with Crippen LogP contribution in [-0.4, -0.2) is 5.78 Å². The van der Waals surface area contributed by atoms with E-state index >= 15 is 0 Å². The van der Waals surface area contributed by atoms with Crippen LogP contribution in [-0.2, 0) is 24.9 Å². The Morgan fingerprint density at radius 2 is 1.31 bits per heavy atom. The van der Waals surface area contributed by atoms with Gasteiger partial charge in [-0.3, -0.25) is 4.79 Å². The zero-order valence-corrected chi connectivity index (χ0v) is 12.3. The molecule has 1 rings (SSSR count). The third-order valence-corrected chi connectivity index (χ3v) is 1.74. The second kappa shape index (κ2) is 12.4. The number of rotatable bonds is 1. The predicted molar refractivity (Wildman–Crippen MR) is 61.2 cm³/mol. The van der Waals surface area contributed by atoms with Gasteiger partial charge in [0.1, 0.15) is 0 Å². The molecule has 0 aliphatic heterocycles. The van der Waals surface area contributed by atoms with Gasteiger partial charge >= 0.3 is 0 Å². The molecule has 16 heavy (non-hydrogen) atoms. The maximum Gasteiger partial charge on any atom is 0.151 e. The fraction of sp³-hybridized carbons (Fsp3) is 0.462. The largest absolute Gasteiger partial charge is 0.876 e. The summed E-state index contributed by atoms with van der Waals surface area (Å²) in [6, 6.07) is 0. The maximum atomic E-state index is 9.98. The van der Waals surface area contributed by atoms with Crippen LogP contribution in [0.2, 0.25) is 0 Å². The van der Waals surface area contributed by atoms with Gasteiger partial charge in [-0.05, 0) is 38.7 Å². The summed E-state index contributed by atoms with van der Waals surface area (Å²) in [5.41, 5.74) is 0. The minimum Gasteiger partial charge on any atom is -0.876 e. The number of carbonyl (C=O) groups is 1. The van der Waals surface area contributed by atoms with Crippen LogP contribution in [0.25, 0.3) is 0 Å². The molecule has 0 saturated carbocycles. The molecular formula is C13H19IrO2-. The molecule has 0 amide bonds. The molecule has 0 spiro atoms. The molecule has 0 N–H and O–H groups in total. The van der Waals surface area contributed by atoms with Crippen molar-refractivity contribution in [3.05, 3.63) is 36.1 Å². The van der Waals surface area contributed by atoms with Gasteiger partial charge in [0.25, 0.3) is 0 Å². The molecule has 3 heteroatoms. The van der Waals surface area contributed by atoms with Crippen molar-refractivity contribution in [1.29, 1.82) is 0 Å². The van der Waals surface area contributed by atoms with Gasteiger partial charge in [-0.25, -0.2) is 0 Å². The van der Waals surface area contributed by atoms with Crippen molar-refractivity contribution in [1.82, 2.24) is 0 Å². The number of hydrogen-bond donors (Lipinski definition) is 0. The van der Waals surface area contributed by atoms with Crippen LogP contribution in [0.1, 0.15) is 39.5 Å². The minimum absolute atomic E-state index is 0. The van der Waals surface area contributed by atoms with E-state index < -0.39 is 0 Å². The normalized spacial score (nSPS) is 17.0. The van der Waals surface area contributed by atoms with Crippen molar-refractivity contribution >= 4 is 5.78 Å². The van der Waals surface area contributed by atoms with E-state index in [1.54, 1.807) is 0 Å². The van der Waals surface area contributed by atoms with E-state index in [2.05, 4.69) is 24.3 Å². The molecule has 0 saturated heterocycles. The second-order valence-corrected chi connectivity index (χ2v) is 3.46. The van der Waals surface area contributed by atoms with Gasteiger partial charge in [-0.15, -0.1) is 5.76 Å². The molecule has 0 unspecified atom stereocenters. The van der Waals surface area contributed by atoms with Crippen molar-refractivity contribution in [2.24, 2.45) is 0 Å². The molecule has 0 atom stereocenters. The molecule has 1 radical (unpaired) electrons. The van der Waals surface area contributed by atoms with Gasteiger partial charge in [-0.1, -0.05) is 31.2 Å². The number of carbonyl (C=O) groups excluding carboxylic acids is 1. The Morgan fingerprint density at radius 3 is 1.44 bits per heavy atom. The Morgan fingerprint density at radius 1 is 1.00 bits per heavy atom. The van der Waals surface area contributed by atoms with E-state index in [9.17, 15) is 9.90 Å². The first-order chi connectivity index (χ1) is 7.13. The summed E-state index contributed by atoms with van der Waals surface area (Å²) in [6.07, 6.45) is 15.1. The summed E-state index contributed by atoms with van der Waals surface area (Å²) in [4.78, 5) is 9.98. The van der Waals surface area contributed by atoms with E-state index in [-0.39, 0.29) is 31.6 Å². The van der Waals surface area contributed by atoms with E-state index in [1.807, 2.05) is 0 Å². The van der Waals surface area contributed by atoms with Crippen LogP contribution < -0.4 is 5.11 Å². The van der Waals surface area contributed by atoms with Gasteiger partial charge in [-0.2, -0.15) is 0 Å². The standard InChI is InChI=1S/C8H12.C5H8O2.Ir/c1-2-4-6-8-7-5-3-1;1-4(6)3-5(2)7;/h1-2,7-8H,3-6H2;3,6H,1-2H3;/p-1/b2-1-,8-7?;4-3-;. The third-order valence-electron chi connectivity index (χ3n) is 1.74. The van der Waals surface area contributed by atoms with Gasteiger partial charge in [0.15, 0.2) is 5.78 Å². The maximum absolute atomic E-state index is 9.98. The molecule has 0 aromatic carbocycles. The summed E-state index contributed by atoms with van der Waals surface area (Å²) in [7, 11) is 0. The average Bonchev–Trinajstić information content (AvgIpc) is 1.99. The van der Waals surface area contributed by atoms with Crippen LogP contribution in [0.5, 0.6) is 0 Å². The van der Waals surface area contributed by atoms with E-state index in [0.717, 1.165) is 6.08 Å². The van der Waals surface area contributed by atoms with Crippen LogP contribution >= 0.6 is 0 Å². The van der Waals surface area contributed by atoms with Gasteiger partial charge in [0.2, 0.25) is 0 Å². The van der Waals surface area contributed by atoms with Crippen LogP contribution in [0, 0.1) is 0 Å². The predicted octanol–water partition coefficient (Wildman–Crippen LogP) is 2.51. The second-order valence-electron chi connectivity index (χ2n) is 3.46. The Kier molecular flexibility index (Phi) is 13.7. The fourth-order valence-corrected chi connectivity index (χ4v) is 1.14. The molecule has 0 aromatic heterocycles. The Balaban J connectivity index is 0. The molecule has 0 heterocycles. The van der Waals surface area contributed by atoms with Crippen LogP contribution in [0.3, 0.4) is 0 Å². The van der Waals surface area contributed by atoms with Crippen LogP contribution in [0.4, 0.5) is 0 Å². The molecule has 1 aliphatic carbocycles. The van der Waals surface area contributed by atoms with E-state index in [4.69, 9.17) is 0 Å². The van der Waals surface area contributed by atoms with Gasteiger partial charge in [0, 0.05) is 20.1 Å². The molecule has 2 nitrogen and oxygen atoms in total. The smallest absolute Gasteiger partial charge is 0.151 e. The Labute approximate surface area is 111 Å². The quantitative estimate of drug-likeness (QED) is 0.386. The summed E-state index contributed by atoms with van der Waals surface area (Å²) in [6.45, 7) is 2.70.